The van der Waals surface area contributed by atoms with Crippen molar-refractivity contribution in [2.24, 2.45) is 5.73 Å². The lowest BCUT2D eigenvalue weighted by atomic mass is 10.2. The van der Waals surface area contributed by atoms with Gasteiger partial charge in [0.05, 0.1) is 29.9 Å². The molecule has 0 aliphatic rings. The fraction of sp³-hybridized carbons (Fsp3) is 0.385. The summed E-state index contributed by atoms with van der Waals surface area (Å²) in [5.74, 6) is 0.754. The molecule has 18 heavy (non-hydrogen) atoms. The molecule has 1 atom stereocenters. The second kappa shape index (κ2) is 6.28. The molecule has 0 saturated heterocycles. The van der Waals surface area contributed by atoms with Crippen molar-refractivity contribution < 1.29 is 4.74 Å². The first-order valence-corrected chi connectivity index (χ1v) is 6.01. The highest BCUT2D eigenvalue weighted by molar-refractivity contribution is 5.75. The fourth-order valence-corrected chi connectivity index (χ4v) is 1.84. The molecule has 5 nitrogen and oxygen atoms in total. The number of fused-ring (bicyclic) bond motifs is 1. The van der Waals surface area contributed by atoms with Crippen molar-refractivity contribution in [3.63, 3.8) is 0 Å². The lowest BCUT2D eigenvalue weighted by Gasteiger charge is -2.17. The van der Waals surface area contributed by atoms with Crippen LogP contribution in [0.5, 0.6) is 0 Å². The van der Waals surface area contributed by atoms with E-state index in [1.165, 1.54) is 0 Å². The van der Waals surface area contributed by atoms with Gasteiger partial charge in [0, 0.05) is 7.11 Å². The lowest BCUT2D eigenvalue weighted by molar-refractivity contribution is 0.183. The van der Waals surface area contributed by atoms with Gasteiger partial charge in [-0.15, -0.1) is 0 Å². The molecule has 0 aliphatic heterocycles. The van der Waals surface area contributed by atoms with E-state index >= 15 is 0 Å². The van der Waals surface area contributed by atoms with Gasteiger partial charge >= 0.3 is 0 Å². The molecule has 1 aromatic carbocycles. The third-order valence-electron chi connectivity index (χ3n) is 2.68. The van der Waals surface area contributed by atoms with Gasteiger partial charge in [0.25, 0.3) is 0 Å². The minimum absolute atomic E-state index is 0.162. The van der Waals surface area contributed by atoms with E-state index in [0.29, 0.717) is 13.2 Å². The predicted octanol–water partition coefficient (Wildman–Crippen LogP) is 1.41. The number of hydrogen-bond donors (Lipinski definition) is 2. The van der Waals surface area contributed by atoms with E-state index in [1.54, 1.807) is 13.3 Å². The number of aromatic nitrogens is 2. The molecular weight excluding hydrogens is 228 g/mol. The summed E-state index contributed by atoms with van der Waals surface area (Å²) in [4.78, 5) is 8.87. The maximum Gasteiger partial charge on any atom is 0.145 e. The first-order chi connectivity index (χ1) is 8.83. The molecule has 2 aromatic rings. The van der Waals surface area contributed by atoms with Crippen LogP contribution in [0.1, 0.15) is 6.42 Å². The minimum Gasteiger partial charge on any atom is -0.383 e. The summed E-state index contributed by atoms with van der Waals surface area (Å²) in [6, 6.07) is 7.95. The molecule has 96 valence electrons. The van der Waals surface area contributed by atoms with Crippen LogP contribution >= 0.6 is 0 Å². The summed E-state index contributed by atoms with van der Waals surface area (Å²) >= 11 is 0. The monoisotopic (exact) mass is 246 g/mol. The van der Waals surface area contributed by atoms with Crippen molar-refractivity contribution in [1.29, 1.82) is 0 Å². The van der Waals surface area contributed by atoms with Crippen LogP contribution in [0.2, 0.25) is 0 Å². The Morgan fingerprint density at radius 1 is 1.33 bits per heavy atom. The van der Waals surface area contributed by atoms with Crippen LogP contribution in [-0.2, 0) is 4.74 Å². The van der Waals surface area contributed by atoms with Crippen LogP contribution in [0.15, 0.2) is 30.5 Å². The van der Waals surface area contributed by atoms with Gasteiger partial charge < -0.3 is 15.8 Å². The number of rotatable bonds is 6. The molecule has 5 heteroatoms. The van der Waals surface area contributed by atoms with E-state index in [0.717, 1.165) is 23.3 Å². The average Bonchev–Trinajstić information content (AvgIpc) is 2.39. The Labute approximate surface area is 106 Å². The maximum absolute atomic E-state index is 5.57. The Bertz CT molecular complexity index is 497. The first kappa shape index (κ1) is 12.7. The Morgan fingerprint density at radius 3 is 2.83 bits per heavy atom. The fourth-order valence-electron chi connectivity index (χ4n) is 1.84. The van der Waals surface area contributed by atoms with Gasteiger partial charge in [-0.1, -0.05) is 12.1 Å². The molecule has 1 aromatic heterocycles. The van der Waals surface area contributed by atoms with E-state index in [1.807, 2.05) is 24.3 Å². The number of nitrogens with zero attached hydrogens (tertiary/aromatic N) is 2. The molecule has 3 N–H and O–H groups in total. The number of ether oxygens (including phenoxy) is 1. The molecule has 0 spiro atoms. The minimum atomic E-state index is 0.162. The number of benzene rings is 1. The van der Waals surface area contributed by atoms with E-state index < -0.39 is 0 Å². The molecule has 2 rings (SSSR count). The third kappa shape index (κ3) is 3.15. The maximum atomic E-state index is 5.57. The summed E-state index contributed by atoms with van der Waals surface area (Å²) in [6.45, 7) is 1.22. The molecule has 0 fully saturated rings. The van der Waals surface area contributed by atoms with Gasteiger partial charge in [-0.2, -0.15) is 0 Å². The van der Waals surface area contributed by atoms with E-state index in [-0.39, 0.29) is 6.04 Å². The van der Waals surface area contributed by atoms with Crippen LogP contribution in [0, 0.1) is 0 Å². The molecule has 0 radical (unpaired) electrons. The lowest BCUT2D eigenvalue weighted by Crippen LogP contribution is -2.28. The zero-order chi connectivity index (χ0) is 12.8. The molecule has 1 unspecified atom stereocenters. The highest BCUT2D eigenvalue weighted by Gasteiger charge is 2.08. The molecule has 0 aliphatic carbocycles. The molecule has 1 heterocycles. The highest BCUT2D eigenvalue weighted by atomic mass is 16.5. The average molecular weight is 246 g/mol. The predicted molar refractivity (Wildman–Crippen MR) is 72.5 cm³/mol. The van der Waals surface area contributed by atoms with Crippen molar-refractivity contribution in [3.05, 3.63) is 30.5 Å². The molecular formula is C13H18N4O. The van der Waals surface area contributed by atoms with Gasteiger partial charge in [0.15, 0.2) is 0 Å². The number of nitrogens with one attached hydrogen (secondary N) is 1. The van der Waals surface area contributed by atoms with Gasteiger partial charge in [0.2, 0.25) is 0 Å². The van der Waals surface area contributed by atoms with Crippen LogP contribution in [0.4, 0.5) is 5.82 Å². The second-order valence-electron chi connectivity index (χ2n) is 4.12. The second-order valence-corrected chi connectivity index (χ2v) is 4.12. The molecule has 0 saturated carbocycles. The SMILES string of the molecule is COCC(CCN)Nc1cnc2ccccc2n1. The van der Waals surface area contributed by atoms with Crippen molar-refractivity contribution >= 4 is 16.9 Å². The van der Waals surface area contributed by atoms with Crippen LogP contribution < -0.4 is 11.1 Å². The van der Waals surface area contributed by atoms with Crippen LogP contribution in [-0.4, -0.2) is 36.3 Å². The van der Waals surface area contributed by atoms with Crippen molar-refractivity contribution in [2.45, 2.75) is 12.5 Å². The number of methoxy groups -OCH3 is 1. The summed E-state index contributed by atoms with van der Waals surface area (Å²) < 4.78 is 5.15. The van der Waals surface area contributed by atoms with Gasteiger partial charge in [0.1, 0.15) is 5.82 Å². The van der Waals surface area contributed by atoms with Gasteiger partial charge in [-0.25, -0.2) is 4.98 Å². The summed E-state index contributed by atoms with van der Waals surface area (Å²) in [5, 5.41) is 3.29. The number of anilines is 1. The van der Waals surface area contributed by atoms with E-state index in [2.05, 4.69) is 15.3 Å². The van der Waals surface area contributed by atoms with Crippen molar-refractivity contribution in [1.82, 2.24) is 9.97 Å². The van der Waals surface area contributed by atoms with Gasteiger partial charge in [-0.3, -0.25) is 4.98 Å². The Balaban J connectivity index is 2.14. The Kier molecular flexibility index (Phi) is 4.44. The summed E-state index contributed by atoms with van der Waals surface area (Å²) in [6.07, 6.45) is 2.57. The Morgan fingerprint density at radius 2 is 2.11 bits per heavy atom. The standard InChI is InChI=1S/C13H18N4O/c1-18-9-10(6-7-14)16-13-8-15-11-4-2-3-5-12(11)17-13/h2-5,8,10H,6-7,9,14H2,1H3,(H,16,17). The molecule has 0 amide bonds. The van der Waals surface area contributed by atoms with Crippen LogP contribution in [0.3, 0.4) is 0 Å². The summed E-state index contributed by atoms with van der Waals surface area (Å²) in [5.41, 5.74) is 7.35. The van der Waals surface area contributed by atoms with E-state index in [9.17, 15) is 0 Å². The molecule has 0 bridgehead atoms. The summed E-state index contributed by atoms with van der Waals surface area (Å²) in [7, 11) is 1.68. The zero-order valence-corrected chi connectivity index (χ0v) is 10.5. The zero-order valence-electron chi connectivity index (χ0n) is 10.5. The van der Waals surface area contributed by atoms with Crippen molar-refractivity contribution in [2.75, 3.05) is 25.6 Å². The number of nitrogens with two attached hydrogens (primary N) is 1. The topological polar surface area (TPSA) is 73.1 Å². The normalized spacial score (nSPS) is 12.6. The number of hydrogen-bond acceptors (Lipinski definition) is 5. The third-order valence-corrected chi connectivity index (χ3v) is 2.68. The Hall–Kier alpha value is -1.72. The van der Waals surface area contributed by atoms with Crippen LogP contribution in [0.25, 0.3) is 11.0 Å². The van der Waals surface area contributed by atoms with E-state index in [4.69, 9.17) is 10.5 Å². The quantitative estimate of drug-likeness (QED) is 0.806. The largest absolute Gasteiger partial charge is 0.383 e. The van der Waals surface area contributed by atoms with Crippen molar-refractivity contribution in [3.8, 4) is 0 Å². The van der Waals surface area contributed by atoms with Gasteiger partial charge in [-0.05, 0) is 25.1 Å². The first-order valence-electron chi connectivity index (χ1n) is 6.01. The highest BCUT2D eigenvalue weighted by Crippen LogP contribution is 2.12. The smallest absolute Gasteiger partial charge is 0.145 e. The number of para-hydroxylation sites is 2.